The van der Waals surface area contributed by atoms with Gasteiger partial charge < -0.3 is 19.5 Å². The lowest BCUT2D eigenvalue weighted by Crippen LogP contribution is -3.16. The molecule has 6 nitrogen and oxygen atoms in total. The summed E-state index contributed by atoms with van der Waals surface area (Å²) < 4.78 is 5.35. The SMILES string of the molecule is CC(C)(C)OC(=O)N1CC[NH+]([C@H](C(=O)[O-])c2cccc(Cl)c2)CC1. The van der Waals surface area contributed by atoms with Crippen LogP contribution in [0, 0.1) is 0 Å². The lowest BCUT2D eigenvalue weighted by Gasteiger charge is -2.37. The third-order valence-corrected chi connectivity index (χ3v) is 4.12. The fraction of sp³-hybridized carbons (Fsp3) is 0.529. The van der Waals surface area contributed by atoms with Gasteiger partial charge in [0.25, 0.3) is 0 Å². The summed E-state index contributed by atoms with van der Waals surface area (Å²) >= 11 is 5.97. The van der Waals surface area contributed by atoms with Crippen molar-refractivity contribution in [1.82, 2.24) is 4.90 Å². The van der Waals surface area contributed by atoms with Crippen molar-refractivity contribution in [3.05, 3.63) is 34.9 Å². The summed E-state index contributed by atoms with van der Waals surface area (Å²) in [4.78, 5) is 26.2. The first-order valence-corrected chi connectivity index (χ1v) is 8.34. The molecule has 1 aliphatic heterocycles. The molecule has 0 unspecified atom stereocenters. The van der Waals surface area contributed by atoms with Crippen LogP contribution in [0.25, 0.3) is 0 Å². The summed E-state index contributed by atoms with van der Waals surface area (Å²) in [5.74, 6) is -1.14. The number of ether oxygens (including phenoxy) is 1. The van der Waals surface area contributed by atoms with Crippen molar-refractivity contribution in [2.75, 3.05) is 26.2 Å². The van der Waals surface area contributed by atoms with Crippen LogP contribution in [0.3, 0.4) is 0 Å². The number of carbonyl (C=O) groups is 2. The van der Waals surface area contributed by atoms with E-state index in [1.54, 1.807) is 29.2 Å². The number of nitrogens with zero attached hydrogens (tertiary/aromatic N) is 1. The van der Waals surface area contributed by atoms with E-state index in [0.29, 0.717) is 36.8 Å². The number of quaternary nitrogens is 1. The molecule has 1 heterocycles. The van der Waals surface area contributed by atoms with Crippen LogP contribution in [0.2, 0.25) is 5.02 Å². The molecule has 0 spiro atoms. The van der Waals surface area contributed by atoms with Gasteiger partial charge >= 0.3 is 6.09 Å². The van der Waals surface area contributed by atoms with Gasteiger partial charge in [-0.25, -0.2) is 4.79 Å². The van der Waals surface area contributed by atoms with Gasteiger partial charge in [0.1, 0.15) is 11.6 Å². The Morgan fingerprint density at radius 1 is 1.29 bits per heavy atom. The second kappa shape index (κ2) is 7.40. The highest BCUT2D eigenvalue weighted by atomic mass is 35.5. The number of amides is 1. The van der Waals surface area contributed by atoms with E-state index in [1.807, 2.05) is 20.8 Å². The average Bonchev–Trinajstić information content (AvgIpc) is 2.46. The lowest BCUT2D eigenvalue weighted by atomic mass is 10.0. The second-order valence-electron chi connectivity index (χ2n) is 6.93. The number of hydrogen-bond donors (Lipinski definition) is 1. The maximum Gasteiger partial charge on any atom is 0.410 e. The predicted molar refractivity (Wildman–Crippen MR) is 87.7 cm³/mol. The Hall–Kier alpha value is -1.79. The molecule has 0 radical (unpaired) electrons. The first-order valence-electron chi connectivity index (χ1n) is 7.96. The van der Waals surface area contributed by atoms with E-state index in [2.05, 4.69) is 0 Å². The maximum atomic E-state index is 12.1. The highest BCUT2D eigenvalue weighted by Crippen LogP contribution is 2.16. The number of aliphatic carboxylic acids is 1. The summed E-state index contributed by atoms with van der Waals surface area (Å²) in [6, 6.07) is 6.01. The van der Waals surface area contributed by atoms with E-state index in [-0.39, 0.29) is 6.09 Å². The lowest BCUT2D eigenvalue weighted by molar-refractivity contribution is -0.928. The van der Waals surface area contributed by atoms with Gasteiger partial charge in [-0.3, -0.25) is 4.90 Å². The molecule has 132 valence electrons. The number of benzene rings is 1. The number of nitrogens with one attached hydrogen (secondary N) is 1. The van der Waals surface area contributed by atoms with Crippen LogP contribution in [0.5, 0.6) is 0 Å². The first kappa shape index (κ1) is 18.5. The van der Waals surface area contributed by atoms with Gasteiger partial charge in [-0.1, -0.05) is 23.7 Å². The fourth-order valence-corrected chi connectivity index (χ4v) is 3.01. The smallest absolute Gasteiger partial charge is 0.410 e. The van der Waals surface area contributed by atoms with Crippen molar-refractivity contribution in [1.29, 1.82) is 0 Å². The number of piperazine rings is 1. The molecule has 1 aliphatic rings. The summed E-state index contributed by atoms with van der Waals surface area (Å²) in [5.41, 5.74) is 0.0678. The molecule has 0 saturated carbocycles. The quantitative estimate of drug-likeness (QED) is 0.845. The average molecular weight is 355 g/mol. The highest BCUT2D eigenvalue weighted by molar-refractivity contribution is 6.30. The molecule has 7 heteroatoms. The molecule has 2 rings (SSSR count). The van der Waals surface area contributed by atoms with Crippen molar-refractivity contribution in [2.24, 2.45) is 0 Å². The van der Waals surface area contributed by atoms with Gasteiger partial charge in [-0.15, -0.1) is 0 Å². The van der Waals surface area contributed by atoms with Crippen LogP contribution in [-0.2, 0) is 9.53 Å². The van der Waals surface area contributed by atoms with Crippen molar-refractivity contribution in [3.63, 3.8) is 0 Å². The first-order chi connectivity index (χ1) is 11.2. The third-order valence-electron chi connectivity index (χ3n) is 3.88. The number of carbonyl (C=O) groups excluding carboxylic acids is 2. The van der Waals surface area contributed by atoms with Gasteiger partial charge in [0.2, 0.25) is 0 Å². The van der Waals surface area contributed by atoms with Crippen LogP contribution in [0.15, 0.2) is 24.3 Å². The second-order valence-corrected chi connectivity index (χ2v) is 7.37. The van der Waals surface area contributed by atoms with E-state index in [1.165, 1.54) is 0 Å². The molecule has 0 bridgehead atoms. The van der Waals surface area contributed by atoms with E-state index in [9.17, 15) is 14.7 Å². The predicted octanol–water partition coefficient (Wildman–Crippen LogP) is 0.267. The van der Waals surface area contributed by atoms with Gasteiger partial charge in [-0.2, -0.15) is 0 Å². The summed E-state index contributed by atoms with van der Waals surface area (Å²) in [5, 5.41) is 12.1. The Balaban J connectivity index is 2.04. The van der Waals surface area contributed by atoms with E-state index in [4.69, 9.17) is 16.3 Å². The van der Waals surface area contributed by atoms with Crippen molar-refractivity contribution in [2.45, 2.75) is 32.4 Å². The monoisotopic (exact) mass is 354 g/mol. The molecule has 1 aromatic rings. The molecule has 1 amide bonds. The van der Waals surface area contributed by atoms with Crippen LogP contribution in [0.4, 0.5) is 4.79 Å². The molecule has 0 aliphatic carbocycles. The zero-order valence-corrected chi connectivity index (χ0v) is 14.9. The zero-order chi connectivity index (χ0) is 17.9. The van der Waals surface area contributed by atoms with Gasteiger partial charge in [0.15, 0.2) is 6.04 Å². The van der Waals surface area contributed by atoms with Gasteiger partial charge in [0.05, 0.1) is 26.2 Å². The standard InChI is InChI=1S/C17H23ClN2O4/c1-17(2,3)24-16(23)20-9-7-19(8-10-20)14(15(21)22)12-5-4-6-13(18)11-12/h4-6,11,14H,7-10H2,1-3H3,(H,21,22)/t14-/m0/s1. The molecule has 0 aromatic heterocycles. The summed E-state index contributed by atoms with van der Waals surface area (Å²) in [7, 11) is 0. The molecule has 1 aromatic carbocycles. The number of halogens is 1. The van der Waals surface area contributed by atoms with Crippen molar-refractivity contribution < 1.29 is 24.3 Å². The van der Waals surface area contributed by atoms with Crippen molar-refractivity contribution in [3.8, 4) is 0 Å². The minimum Gasteiger partial charge on any atom is -0.544 e. The van der Waals surface area contributed by atoms with Gasteiger partial charge in [0, 0.05) is 10.6 Å². The molecule has 1 fully saturated rings. The van der Waals surface area contributed by atoms with Crippen LogP contribution in [-0.4, -0.2) is 48.7 Å². The number of carboxylic acid groups (broad SMARTS) is 1. The third kappa shape index (κ3) is 4.85. The number of hydrogen-bond acceptors (Lipinski definition) is 4. The van der Waals surface area contributed by atoms with Crippen LogP contribution < -0.4 is 10.0 Å². The molecule has 1 atom stereocenters. The summed E-state index contributed by atoms with van der Waals surface area (Å²) in [6.45, 7) is 7.34. The Bertz CT molecular complexity index is 607. The number of carboxylic acids is 1. The van der Waals surface area contributed by atoms with E-state index in [0.717, 1.165) is 4.90 Å². The normalized spacial score (nSPS) is 17.4. The molecular weight excluding hydrogens is 332 g/mol. The van der Waals surface area contributed by atoms with Crippen LogP contribution in [0.1, 0.15) is 32.4 Å². The Morgan fingerprint density at radius 2 is 1.92 bits per heavy atom. The minimum atomic E-state index is -1.14. The minimum absolute atomic E-state index is 0.366. The number of rotatable bonds is 3. The zero-order valence-electron chi connectivity index (χ0n) is 14.2. The molecule has 1 saturated heterocycles. The summed E-state index contributed by atoms with van der Waals surface area (Å²) in [6.07, 6.45) is -0.366. The highest BCUT2D eigenvalue weighted by Gasteiger charge is 2.33. The van der Waals surface area contributed by atoms with Crippen LogP contribution >= 0.6 is 11.6 Å². The van der Waals surface area contributed by atoms with E-state index >= 15 is 0 Å². The Morgan fingerprint density at radius 3 is 2.42 bits per heavy atom. The largest absolute Gasteiger partial charge is 0.544 e. The van der Waals surface area contributed by atoms with E-state index < -0.39 is 17.6 Å². The Kier molecular flexibility index (Phi) is 5.72. The van der Waals surface area contributed by atoms with Crippen molar-refractivity contribution >= 4 is 23.7 Å². The molecule has 1 N–H and O–H groups in total. The maximum absolute atomic E-state index is 12.1. The molecular formula is C17H23ClN2O4. The van der Waals surface area contributed by atoms with Gasteiger partial charge in [-0.05, 0) is 32.9 Å². The molecule has 24 heavy (non-hydrogen) atoms. The fourth-order valence-electron chi connectivity index (χ4n) is 2.82. The topological polar surface area (TPSA) is 74.1 Å². The Labute approximate surface area is 146 Å².